The SMILES string of the molecule is CCc1ccc(-c2cnc(CCNC3CC3)[nH]2)cc1. The van der Waals surface area contributed by atoms with E-state index in [9.17, 15) is 0 Å². The molecular formula is C16H21N3. The highest BCUT2D eigenvalue weighted by molar-refractivity contribution is 5.58. The van der Waals surface area contributed by atoms with Crippen LogP contribution in [0.5, 0.6) is 0 Å². The Hall–Kier alpha value is -1.61. The van der Waals surface area contributed by atoms with Crippen molar-refractivity contribution in [3.63, 3.8) is 0 Å². The topological polar surface area (TPSA) is 40.7 Å². The molecule has 1 heterocycles. The molecule has 1 aromatic heterocycles. The van der Waals surface area contributed by atoms with Crippen LogP contribution < -0.4 is 5.32 Å². The van der Waals surface area contributed by atoms with Crippen LogP contribution in [0.25, 0.3) is 11.3 Å². The van der Waals surface area contributed by atoms with Gasteiger partial charge in [-0.05, 0) is 30.4 Å². The first-order valence-corrected chi connectivity index (χ1v) is 7.21. The number of nitrogens with zero attached hydrogens (tertiary/aromatic N) is 1. The first kappa shape index (κ1) is 12.4. The highest BCUT2D eigenvalue weighted by Gasteiger charge is 2.19. The molecule has 3 heteroatoms. The molecule has 0 amide bonds. The van der Waals surface area contributed by atoms with Gasteiger partial charge in [-0.25, -0.2) is 4.98 Å². The van der Waals surface area contributed by atoms with E-state index in [4.69, 9.17) is 0 Å². The van der Waals surface area contributed by atoms with Crippen LogP contribution in [0.3, 0.4) is 0 Å². The van der Waals surface area contributed by atoms with Gasteiger partial charge in [0.1, 0.15) is 5.82 Å². The quantitative estimate of drug-likeness (QED) is 0.833. The van der Waals surface area contributed by atoms with Crippen molar-refractivity contribution in [2.24, 2.45) is 0 Å². The second kappa shape index (κ2) is 5.57. The molecule has 0 radical (unpaired) electrons. The number of aryl methyl sites for hydroxylation is 1. The van der Waals surface area contributed by atoms with Crippen LogP contribution in [-0.2, 0) is 12.8 Å². The van der Waals surface area contributed by atoms with E-state index < -0.39 is 0 Å². The minimum atomic E-state index is 0.774. The largest absolute Gasteiger partial charge is 0.342 e. The van der Waals surface area contributed by atoms with Crippen molar-refractivity contribution >= 4 is 0 Å². The van der Waals surface area contributed by atoms with Gasteiger partial charge in [0.15, 0.2) is 0 Å². The lowest BCUT2D eigenvalue weighted by molar-refractivity contribution is 0.669. The number of hydrogen-bond donors (Lipinski definition) is 2. The Bertz CT molecular complexity index is 523. The van der Waals surface area contributed by atoms with Crippen LogP contribution in [0.15, 0.2) is 30.5 Å². The number of aromatic amines is 1. The molecule has 1 saturated carbocycles. The van der Waals surface area contributed by atoms with E-state index in [2.05, 4.69) is 46.5 Å². The molecule has 1 fully saturated rings. The van der Waals surface area contributed by atoms with Gasteiger partial charge in [0.05, 0.1) is 11.9 Å². The van der Waals surface area contributed by atoms with E-state index in [0.29, 0.717) is 0 Å². The summed E-state index contributed by atoms with van der Waals surface area (Å²) in [6.45, 7) is 3.20. The number of nitrogens with one attached hydrogen (secondary N) is 2. The zero-order valence-corrected chi connectivity index (χ0v) is 11.4. The first-order chi connectivity index (χ1) is 9.35. The van der Waals surface area contributed by atoms with Crippen molar-refractivity contribution in [3.05, 3.63) is 41.9 Å². The fourth-order valence-corrected chi connectivity index (χ4v) is 2.24. The van der Waals surface area contributed by atoms with Crippen molar-refractivity contribution in [3.8, 4) is 11.3 Å². The standard InChI is InChI=1S/C16H21N3/c1-2-12-3-5-13(6-4-12)15-11-18-16(19-15)9-10-17-14-7-8-14/h3-6,11,14,17H,2,7-10H2,1H3,(H,18,19). The zero-order valence-electron chi connectivity index (χ0n) is 11.4. The molecule has 1 aromatic carbocycles. The van der Waals surface area contributed by atoms with E-state index in [1.54, 1.807) is 0 Å². The predicted octanol–water partition coefficient (Wildman–Crippen LogP) is 2.93. The summed E-state index contributed by atoms with van der Waals surface area (Å²) >= 11 is 0. The molecule has 100 valence electrons. The maximum absolute atomic E-state index is 4.46. The maximum atomic E-state index is 4.46. The summed E-state index contributed by atoms with van der Waals surface area (Å²) in [5.74, 6) is 1.07. The van der Waals surface area contributed by atoms with E-state index >= 15 is 0 Å². The van der Waals surface area contributed by atoms with Crippen LogP contribution in [0.2, 0.25) is 0 Å². The second-order valence-corrected chi connectivity index (χ2v) is 5.27. The Labute approximate surface area is 114 Å². The maximum Gasteiger partial charge on any atom is 0.107 e. The Kier molecular flexibility index (Phi) is 3.65. The summed E-state index contributed by atoms with van der Waals surface area (Å²) in [7, 11) is 0. The van der Waals surface area contributed by atoms with E-state index in [0.717, 1.165) is 36.9 Å². The Morgan fingerprint density at radius 2 is 2.05 bits per heavy atom. The molecule has 1 aliphatic carbocycles. The van der Waals surface area contributed by atoms with Gasteiger partial charge in [0, 0.05) is 19.0 Å². The van der Waals surface area contributed by atoms with Crippen LogP contribution in [-0.4, -0.2) is 22.6 Å². The third kappa shape index (κ3) is 3.24. The van der Waals surface area contributed by atoms with Gasteiger partial charge in [-0.2, -0.15) is 0 Å². The highest BCUT2D eigenvalue weighted by Crippen LogP contribution is 2.19. The van der Waals surface area contributed by atoms with Crippen LogP contribution in [0, 0.1) is 0 Å². The summed E-state index contributed by atoms with van der Waals surface area (Å²) in [5, 5.41) is 3.51. The molecule has 1 aliphatic rings. The van der Waals surface area contributed by atoms with E-state index in [-0.39, 0.29) is 0 Å². The molecule has 3 nitrogen and oxygen atoms in total. The molecule has 0 saturated heterocycles. The third-order valence-electron chi connectivity index (χ3n) is 3.67. The summed E-state index contributed by atoms with van der Waals surface area (Å²) in [5.41, 5.74) is 3.70. The molecule has 0 unspecified atom stereocenters. The fourth-order valence-electron chi connectivity index (χ4n) is 2.24. The smallest absolute Gasteiger partial charge is 0.107 e. The lowest BCUT2D eigenvalue weighted by Gasteiger charge is -2.01. The van der Waals surface area contributed by atoms with Gasteiger partial charge >= 0.3 is 0 Å². The van der Waals surface area contributed by atoms with Crippen LogP contribution >= 0.6 is 0 Å². The van der Waals surface area contributed by atoms with Gasteiger partial charge in [-0.1, -0.05) is 31.2 Å². The number of hydrogen-bond acceptors (Lipinski definition) is 2. The van der Waals surface area contributed by atoms with Crippen molar-refractivity contribution in [1.29, 1.82) is 0 Å². The molecule has 0 atom stereocenters. The van der Waals surface area contributed by atoms with Gasteiger partial charge < -0.3 is 10.3 Å². The Morgan fingerprint density at radius 1 is 1.26 bits per heavy atom. The minimum Gasteiger partial charge on any atom is -0.342 e. The van der Waals surface area contributed by atoms with Crippen molar-refractivity contribution in [2.45, 2.75) is 38.6 Å². The lowest BCUT2D eigenvalue weighted by atomic mass is 10.1. The van der Waals surface area contributed by atoms with E-state index in [1.165, 1.54) is 24.0 Å². The Morgan fingerprint density at radius 3 is 2.74 bits per heavy atom. The minimum absolute atomic E-state index is 0.774. The number of rotatable bonds is 6. The molecule has 0 bridgehead atoms. The van der Waals surface area contributed by atoms with E-state index in [1.807, 2.05) is 6.20 Å². The Balaban J connectivity index is 1.61. The summed E-state index contributed by atoms with van der Waals surface area (Å²) in [4.78, 5) is 7.87. The molecule has 3 rings (SSSR count). The van der Waals surface area contributed by atoms with Crippen LogP contribution in [0.1, 0.15) is 31.2 Å². The van der Waals surface area contributed by atoms with Gasteiger partial charge in [-0.15, -0.1) is 0 Å². The van der Waals surface area contributed by atoms with Gasteiger partial charge in [-0.3, -0.25) is 0 Å². The third-order valence-corrected chi connectivity index (χ3v) is 3.67. The van der Waals surface area contributed by atoms with Gasteiger partial charge in [0.25, 0.3) is 0 Å². The molecule has 2 aromatic rings. The first-order valence-electron chi connectivity index (χ1n) is 7.21. The van der Waals surface area contributed by atoms with Gasteiger partial charge in [0.2, 0.25) is 0 Å². The second-order valence-electron chi connectivity index (χ2n) is 5.27. The van der Waals surface area contributed by atoms with Crippen LogP contribution in [0.4, 0.5) is 0 Å². The lowest BCUT2D eigenvalue weighted by Crippen LogP contribution is -2.19. The highest BCUT2D eigenvalue weighted by atomic mass is 15.0. The predicted molar refractivity (Wildman–Crippen MR) is 78.1 cm³/mol. The van der Waals surface area contributed by atoms with Crippen molar-refractivity contribution in [1.82, 2.24) is 15.3 Å². The summed E-state index contributed by atoms with van der Waals surface area (Å²) < 4.78 is 0. The summed E-state index contributed by atoms with van der Waals surface area (Å²) in [6, 6.07) is 9.47. The molecular weight excluding hydrogens is 234 g/mol. The van der Waals surface area contributed by atoms with Crippen molar-refractivity contribution < 1.29 is 0 Å². The fraction of sp³-hybridized carbons (Fsp3) is 0.438. The monoisotopic (exact) mass is 255 g/mol. The molecule has 19 heavy (non-hydrogen) atoms. The average molecular weight is 255 g/mol. The molecule has 2 N–H and O–H groups in total. The normalized spacial score (nSPS) is 14.8. The number of imidazole rings is 1. The number of aromatic nitrogens is 2. The number of H-pyrrole nitrogens is 1. The number of benzene rings is 1. The molecule has 0 aliphatic heterocycles. The average Bonchev–Trinajstić information content (AvgIpc) is 3.15. The van der Waals surface area contributed by atoms with Crippen molar-refractivity contribution in [2.75, 3.05) is 6.54 Å². The zero-order chi connectivity index (χ0) is 13.1. The molecule has 0 spiro atoms. The summed E-state index contributed by atoms with van der Waals surface area (Å²) in [6.07, 6.45) is 6.68.